The van der Waals surface area contributed by atoms with Gasteiger partial charge in [0.1, 0.15) is 12.2 Å². The Kier molecular flexibility index (Phi) is 25.0. The molecule has 0 aromatic rings. The number of aliphatic hydroxyl groups is 4. The van der Waals surface area contributed by atoms with E-state index in [2.05, 4.69) is 31.3 Å². The summed E-state index contributed by atoms with van der Waals surface area (Å²) in [5, 5.41) is 42.8. The van der Waals surface area contributed by atoms with Gasteiger partial charge in [-0.3, -0.25) is 4.79 Å². The first kappa shape index (κ1) is 35.0. The van der Waals surface area contributed by atoms with E-state index in [0.717, 1.165) is 44.9 Å². The Morgan fingerprint density at radius 3 is 1.64 bits per heavy atom. The number of nitrogens with one attached hydrogen (secondary N) is 1. The van der Waals surface area contributed by atoms with Gasteiger partial charge in [0.25, 0.3) is 0 Å². The molecule has 0 radical (unpaired) electrons. The summed E-state index contributed by atoms with van der Waals surface area (Å²) < 4.78 is 0. The molecule has 5 N–H and O–H groups in total. The highest BCUT2D eigenvalue weighted by atomic mass is 16.3. The number of aliphatic hydroxyl groups excluding tert-OH is 4. The molecular formula is C30H59NO5. The van der Waals surface area contributed by atoms with Crippen LogP contribution in [0.3, 0.4) is 0 Å². The first-order valence-electron chi connectivity index (χ1n) is 15.1. The van der Waals surface area contributed by atoms with E-state index in [9.17, 15) is 25.2 Å². The van der Waals surface area contributed by atoms with Gasteiger partial charge in [0.05, 0.1) is 18.8 Å². The monoisotopic (exact) mass is 513 g/mol. The van der Waals surface area contributed by atoms with Gasteiger partial charge in [-0.1, -0.05) is 116 Å². The van der Waals surface area contributed by atoms with Crippen LogP contribution in [0.15, 0.2) is 12.2 Å². The maximum absolute atomic E-state index is 12.3. The van der Waals surface area contributed by atoms with Gasteiger partial charge >= 0.3 is 0 Å². The summed E-state index contributed by atoms with van der Waals surface area (Å²) in [6, 6.07) is -0.979. The highest BCUT2D eigenvalue weighted by Crippen LogP contribution is 2.14. The lowest BCUT2D eigenvalue weighted by atomic mass is 9.99. The van der Waals surface area contributed by atoms with Crippen LogP contribution >= 0.6 is 0 Å². The molecule has 0 aromatic heterocycles. The fourth-order valence-corrected chi connectivity index (χ4v) is 4.45. The average molecular weight is 514 g/mol. The number of hydrogen-bond donors (Lipinski definition) is 5. The molecule has 0 rings (SSSR count). The predicted molar refractivity (Wildman–Crippen MR) is 150 cm³/mol. The standard InChI is InChI=1S/C30H59NO5/c1-3-5-7-9-11-12-13-14-15-16-17-18-20-22-24-28(34)30(36)31-26(25-32)29(35)27(33)23-21-19-10-8-6-4-2/h12-13,26-29,32-35H,3-11,14-25H2,1-2H3,(H,31,36)/b13-12-. The predicted octanol–water partition coefficient (Wildman–Crippen LogP) is 5.94. The smallest absolute Gasteiger partial charge is 0.249 e. The third-order valence-corrected chi connectivity index (χ3v) is 6.98. The van der Waals surface area contributed by atoms with E-state index >= 15 is 0 Å². The van der Waals surface area contributed by atoms with Crippen molar-refractivity contribution in [3.8, 4) is 0 Å². The molecule has 4 atom stereocenters. The zero-order valence-corrected chi connectivity index (χ0v) is 23.5. The number of rotatable bonds is 26. The van der Waals surface area contributed by atoms with Crippen LogP contribution in [0.4, 0.5) is 0 Å². The molecular weight excluding hydrogens is 454 g/mol. The zero-order valence-electron chi connectivity index (χ0n) is 23.5. The molecule has 0 spiro atoms. The second-order valence-electron chi connectivity index (χ2n) is 10.4. The first-order valence-corrected chi connectivity index (χ1v) is 15.1. The van der Waals surface area contributed by atoms with E-state index in [1.54, 1.807) is 0 Å². The van der Waals surface area contributed by atoms with Gasteiger partial charge in [0.15, 0.2) is 0 Å². The van der Waals surface area contributed by atoms with Gasteiger partial charge in [-0.25, -0.2) is 0 Å². The van der Waals surface area contributed by atoms with Crippen LogP contribution in [-0.2, 0) is 4.79 Å². The molecule has 0 aromatic carbocycles. The number of amides is 1. The van der Waals surface area contributed by atoms with Crippen LogP contribution in [0.25, 0.3) is 0 Å². The minimum atomic E-state index is -1.25. The molecule has 6 nitrogen and oxygen atoms in total. The van der Waals surface area contributed by atoms with Crippen molar-refractivity contribution in [2.75, 3.05) is 6.61 Å². The highest BCUT2D eigenvalue weighted by Gasteiger charge is 2.28. The van der Waals surface area contributed by atoms with Crippen molar-refractivity contribution in [1.29, 1.82) is 0 Å². The van der Waals surface area contributed by atoms with Gasteiger partial charge in [-0.2, -0.15) is 0 Å². The van der Waals surface area contributed by atoms with E-state index in [4.69, 9.17) is 0 Å². The van der Waals surface area contributed by atoms with Crippen molar-refractivity contribution in [3.63, 3.8) is 0 Å². The molecule has 0 aliphatic carbocycles. The normalized spacial score (nSPS) is 15.2. The van der Waals surface area contributed by atoms with Crippen molar-refractivity contribution < 1.29 is 25.2 Å². The molecule has 0 saturated carbocycles. The van der Waals surface area contributed by atoms with Crippen molar-refractivity contribution in [2.24, 2.45) is 0 Å². The lowest BCUT2D eigenvalue weighted by Crippen LogP contribution is -2.53. The Balaban J connectivity index is 3.88. The van der Waals surface area contributed by atoms with Crippen LogP contribution in [-0.4, -0.2) is 57.3 Å². The minimum Gasteiger partial charge on any atom is -0.394 e. The average Bonchev–Trinajstić information content (AvgIpc) is 2.88. The van der Waals surface area contributed by atoms with Crippen molar-refractivity contribution in [2.45, 2.75) is 167 Å². The molecule has 0 aliphatic heterocycles. The Morgan fingerprint density at radius 1 is 0.667 bits per heavy atom. The molecule has 1 amide bonds. The van der Waals surface area contributed by atoms with E-state index in [0.29, 0.717) is 12.8 Å². The van der Waals surface area contributed by atoms with Crippen LogP contribution in [0.1, 0.15) is 142 Å². The molecule has 214 valence electrons. The third-order valence-electron chi connectivity index (χ3n) is 6.98. The Labute approximate surface area is 222 Å². The summed E-state index contributed by atoms with van der Waals surface area (Å²) in [5.41, 5.74) is 0. The van der Waals surface area contributed by atoms with E-state index < -0.39 is 36.9 Å². The summed E-state index contributed by atoms with van der Waals surface area (Å²) in [7, 11) is 0. The van der Waals surface area contributed by atoms with Gasteiger partial charge in [-0.05, 0) is 38.5 Å². The number of carbonyl (C=O) groups is 1. The Hall–Kier alpha value is -0.950. The van der Waals surface area contributed by atoms with Crippen LogP contribution in [0.2, 0.25) is 0 Å². The van der Waals surface area contributed by atoms with Gasteiger partial charge in [-0.15, -0.1) is 0 Å². The second kappa shape index (κ2) is 25.7. The van der Waals surface area contributed by atoms with Crippen LogP contribution in [0.5, 0.6) is 0 Å². The Bertz CT molecular complexity index is 514. The fourth-order valence-electron chi connectivity index (χ4n) is 4.45. The topological polar surface area (TPSA) is 110 Å². The molecule has 0 bridgehead atoms. The van der Waals surface area contributed by atoms with Crippen LogP contribution < -0.4 is 5.32 Å². The van der Waals surface area contributed by atoms with Crippen molar-refractivity contribution >= 4 is 5.91 Å². The van der Waals surface area contributed by atoms with Crippen molar-refractivity contribution in [1.82, 2.24) is 5.32 Å². The zero-order chi connectivity index (χ0) is 26.9. The molecule has 0 heterocycles. The first-order chi connectivity index (χ1) is 17.5. The largest absolute Gasteiger partial charge is 0.394 e. The summed E-state index contributed by atoms with van der Waals surface area (Å²) in [5.74, 6) is -0.596. The molecule has 6 heteroatoms. The van der Waals surface area contributed by atoms with Crippen LogP contribution in [0, 0.1) is 0 Å². The van der Waals surface area contributed by atoms with Gasteiger partial charge in [0, 0.05) is 0 Å². The molecule has 36 heavy (non-hydrogen) atoms. The molecule has 0 fully saturated rings. The van der Waals surface area contributed by atoms with Crippen molar-refractivity contribution in [3.05, 3.63) is 12.2 Å². The second-order valence-corrected chi connectivity index (χ2v) is 10.4. The molecule has 0 saturated heterocycles. The number of allylic oxidation sites excluding steroid dienone is 2. The lowest BCUT2D eigenvalue weighted by molar-refractivity contribution is -0.132. The minimum absolute atomic E-state index is 0.362. The summed E-state index contributed by atoms with van der Waals surface area (Å²) >= 11 is 0. The summed E-state index contributed by atoms with van der Waals surface area (Å²) in [6.45, 7) is 3.92. The number of unbranched alkanes of at least 4 members (excludes halogenated alkanes) is 15. The van der Waals surface area contributed by atoms with E-state index in [1.807, 2.05) is 0 Å². The highest BCUT2D eigenvalue weighted by molar-refractivity contribution is 5.80. The number of carbonyl (C=O) groups excluding carboxylic acids is 1. The maximum Gasteiger partial charge on any atom is 0.249 e. The van der Waals surface area contributed by atoms with E-state index in [1.165, 1.54) is 70.6 Å². The number of hydrogen-bond acceptors (Lipinski definition) is 5. The lowest BCUT2D eigenvalue weighted by Gasteiger charge is -2.27. The molecule has 4 unspecified atom stereocenters. The maximum atomic E-state index is 12.3. The summed E-state index contributed by atoms with van der Waals surface area (Å²) in [6.07, 6.45) is 22.5. The SMILES string of the molecule is CCCCCC/C=C\CCCCCCCCC(O)C(=O)NC(CO)C(O)C(O)CCCCCCCC. The van der Waals surface area contributed by atoms with E-state index in [-0.39, 0.29) is 0 Å². The fraction of sp³-hybridized carbons (Fsp3) is 0.900. The summed E-state index contributed by atoms with van der Waals surface area (Å²) in [4.78, 5) is 12.3. The third kappa shape index (κ3) is 20.1. The Morgan fingerprint density at radius 2 is 1.11 bits per heavy atom. The van der Waals surface area contributed by atoms with Gasteiger partial charge in [0.2, 0.25) is 5.91 Å². The molecule has 0 aliphatic rings. The quantitative estimate of drug-likeness (QED) is 0.0726. The van der Waals surface area contributed by atoms with Gasteiger partial charge < -0.3 is 25.7 Å².